The summed E-state index contributed by atoms with van der Waals surface area (Å²) in [6, 6.07) is 21.3. The number of amides is 1. The topological polar surface area (TPSA) is 71.9 Å². The van der Waals surface area contributed by atoms with E-state index in [1.807, 2.05) is 68.7 Å². The zero-order valence-electron chi connectivity index (χ0n) is 20.8. The minimum atomic E-state index is -0.388. The van der Waals surface area contributed by atoms with E-state index < -0.39 is 0 Å². The molecule has 0 aliphatic rings. The summed E-state index contributed by atoms with van der Waals surface area (Å²) < 4.78 is 13.8. The Bertz CT molecular complexity index is 1360. The summed E-state index contributed by atoms with van der Waals surface area (Å²) >= 11 is 0. The van der Waals surface area contributed by atoms with Gasteiger partial charge in [-0.15, -0.1) is 0 Å². The highest BCUT2D eigenvalue weighted by molar-refractivity contribution is 6.21. The van der Waals surface area contributed by atoms with Crippen LogP contribution in [-0.4, -0.2) is 54.3 Å². The first-order valence-corrected chi connectivity index (χ1v) is 12.0. The van der Waals surface area contributed by atoms with Crippen LogP contribution in [0.4, 0.5) is 15.8 Å². The fourth-order valence-corrected chi connectivity index (χ4v) is 4.15. The van der Waals surface area contributed by atoms with Crippen LogP contribution in [0, 0.1) is 5.82 Å². The second-order valence-corrected chi connectivity index (χ2v) is 9.09. The monoisotopic (exact) mass is 486 g/mol. The largest absolute Gasteiger partial charge is 0.494 e. The quantitative estimate of drug-likeness (QED) is 0.229. The lowest BCUT2D eigenvalue weighted by atomic mass is 10.0. The first-order chi connectivity index (χ1) is 17.3. The number of anilines is 1. The summed E-state index contributed by atoms with van der Waals surface area (Å²) in [4.78, 5) is 24.1. The van der Waals surface area contributed by atoms with Crippen LogP contribution in [0.2, 0.25) is 0 Å². The van der Waals surface area contributed by atoms with Crippen molar-refractivity contribution in [1.29, 1.82) is 0 Å². The van der Waals surface area contributed by atoms with Gasteiger partial charge in [-0.25, -0.2) is 9.38 Å². The number of nitrogens with zero attached hydrogens (tertiary/aromatic N) is 3. The molecule has 0 saturated carbocycles. The molecule has 0 bridgehead atoms. The molecule has 1 aromatic heterocycles. The van der Waals surface area contributed by atoms with Crippen LogP contribution in [0.1, 0.15) is 30.4 Å². The van der Waals surface area contributed by atoms with Gasteiger partial charge in [0.15, 0.2) is 5.88 Å². The molecular formula is C29H31FN4O2. The fourth-order valence-electron chi connectivity index (χ4n) is 4.15. The Hall–Kier alpha value is -3.97. The van der Waals surface area contributed by atoms with Crippen LogP contribution < -0.4 is 4.90 Å². The van der Waals surface area contributed by atoms with E-state index >= 15 is 0 Å². The van der Waals surface area contributed by atoms with Crippen molar-refractivity contribution in [3.8, 4) is 5.88 Å². The van der Waals surface area contributed by atoms with E-state index in [0.29, 0.717) is 34.3 Å². The summed E-state index contributed by atoms with van der Waals surface area (Å²) in [7, 11) is 5.84. The number of benzene rings is 3. The van der Waals surface area contributed by atoms with Crippen LogP contribution >= 0.6 is 0 Å². The van der Waals surface area contributed by atoms with E-state index in [1.165, 1.54) is 12.1 Å². The maximum atomic E-state index is 13.8. The lowest BCUT2D eigenvalue weighted by Crippen LogP contribution is -2.26. The number of nitrogens with one attached hydrogen (secondary N) is 1. The Morgan fingerprint density at radius 2 is 1.69 bits per heavy atom. The van der Waals surface area contributed by atoms with Gasteiger partial charge in [-0.1, -0.05) is 30.3 Å². The van der Waals surface area contributed by atoms with E-state index in [2.05, 4.69) is 9.88 Å². The molecule has 4 rings (SSSR count). The third-order valence-corrected chi connectivity index (χ3v) is 6.12. The number of carbonyl (C=O) groups is 1. The number of halogens is 1. The minimum absolute atomic E-state index is 0.0746. The van der Waals surface area contributed by atoms with Gasteiger partial charge in [0.05, 0.1) is 22.5 Å². The maximum Gasteiger partial charge on any atom is 0.226 e. The Labute approximate surface area is 210 Å². The molecule has 1 heterocycles. The summed E-state index contributed by atoms with van der Waals surface area (Å²) in [6.07, 6.45) is 2.33. The average molecular weight is 487 g/mol. The van der Waals surface area contributed by atoms with Crippen molar-refractivity contribution in [3.63, 3.8) is 0 Å². The third-order valence-electron chi connectivity index (χ3n) is 6.12. The number of carbonyl (C=O) groups excluding carboxylic acids is 1. The number of unbranched alkanes of at least 4 members (excludes halogenated alkanes) is 1. The van der Waals surface area contributed by atoms with E-state index in [-0.39, 0.29) is 17.6 Å². The van der Waals surface area contributed by atoms with Gasteiger partial charge < -0.3 is 19.9 Å². The maximum absolute atomic E-state index is 13.8. The average Bonchev–Trinajstić information content (AvgIpc) is 3.19. The normalized spacial score (nSPS) is 11.9. The zero-order chi connectivity index (χ0) is 25.7. The fraction of sp³-hybridized carbons (Fsp3) is 0.241. The summed E-state index contributed by atoms with van der Waals surface area (Å²) in [5, 5.41) is 11.4. The Morgan fingerprint density at radius 3 is 2.39 bits per heavy atom. The molecule has 7 heteroatoms. The van der Waals surface area contributed by atoms with Crippen molar-refractivity contribution in [2.45, 2.75) is 19.3 Å². The highest BCUT2D eigenvalue weighted by atomic mass is 19.1. The molecule has 0 atom stereocenters. The summed E-state index contributed by atoms with van der Waals surface area (Å²) in [6.45, 7) is 0.967. The van der Waals surface area contributed by atoms with Crippen molar-refractivity contribution < 1.29 is 14.3 Å². The molecular weight excluding hydrogens is 455 g/mol. The van der Waals surface area contributed by atoms with Crippen molar-refractivity contribution in [2.24, 2.45) is 4.99 Å². The smallest absolute Gasteiger partial charge is 0.226 e. The highest BCUT2D eigenvalue weighted by Gasteiger charge is 2.19. The number of aromatic amines is 1. The number of H-pyrrole nitrogens is 1. The lowest BCUT2D eigenvalue weighted by molar-refractivity contribution is -0.118. The molecule has 2 N–H and O–H groups in total. The predicted octanol–water partition coefficient (Wildman–Crippen LogP) is 5.88. The van der Waals surface area contributed by atoms with Gasteiger partial charge in [0.2, 0.25) is 5.91 Å². The highest BCUT2D eigenvalue weighted by Crippen LogP contribution is 2.32. The standard InChI is InChI=1S/C29H31FN4O2/c1-33(2)18-8-7-11-26(35)34(3)23-15-13-22(14-16-23)31-28(20-9-5-4-6-10-20)27-24-17-12-21(30)19-25(24)32-29(27)36/h4-6,9-10,12-17,19,32,36H,7-8,11,18H2,1-3H3. The molecule has 0 fully saturated rings. The molecule has 0 radical (unpaired) electrons. The molecule has 6 nitrogen and oxygen atoms in total. The molecule has 0 spiro atoms. The van der Waals surface area contributed by atoms with Gasteiger partial charge in [0, 0.05) is 30.1 Å². The van der Waals surface area contributed by atoms with Crippen LogP contribution in [-0.2, 0) is 4.79 Å². The first kappa shape index (κ1) is 25.1. The summed E-state index contributed by atoms with van der Waals surface area (Å²) in [5.41, 5.74) is 3.83. The molecule has 4 aromatic rings. The number of hydrogen-bond acceptors (Lipinski definition) is 4. The van der Waals surface area contributed by atoms with Gasteiger partial charge in [0.1, 0.15) is 5.82 Å². The van der Waals surface area contributed by atoms with Crippen molar-refractivity contribution in [1.82, 2.24) is 9.88 Å². The van der Waals surface area contributed by atoms with Crippen LogP contribution in [0.15, 0.2) is 77.8 Å². The van der Waals surface area contributed by atoms with E-state index in [1.54, 1.807) is 18.0 Å². The molecule has 186 valence electrons. The molecule has 0 unspecified atom stereocenters. The van der Waals surface area contributed by atoms with E-state index in [4.69, 9.17) is 4.99 Å². The van der Waals surface area contributed by atoms with E-state index in [9.17, 15) is 14.3 Å². The molecule has 0 saturated heterocycles. The van der Waals surface area contributed by atoms with Crippen LogP contribution in [0.25, 0.3) is 10.9 Å². The second-order valence-electron chi connectivity index (χ2n) is 9.09. The minimum Gasteiger partial charge on any atom is -0.494 e. The Morgan fingerprint density at radius 1 is 0.972 bits per heavy atom. The number of aromatic hydroxyl groups is 1. The number of rotatable bonds is 9. The van der Waals surface area contributed by atoms with Gasteiger partial charge in [-0.3, -0.25) is 4.79 Å². The predicted molar refractivity (Wildman–Crippen MR) is 144 cm³/mol. The molecule has 1 amide bonds. The Kier molecular flexibility index (Phi) is 7.80. The number of aromatic nitrogens is 1. The molecule has 0 aliphatic carbocycles. The van der Waals surface area contributed by atoms with Gasteiger partial charge in [-0.05, 0) is 75.9 Å². The third kappa shape index (κ3) is 5.80. The molecule has 3 aromatic carbocycles. The van der Waals surface area contributed by atoms with Crippen LogP contribution in [0.5, 0.6) is 5.88 Å². The number of aliphatic imine (C=N–C) groups is 1. The van der Waals surface area contributed by atoms with Gasteiger partial charge >= 0.3 is 0 Å². The number of fused-ring (bicyclic) bond motifs is 1. The van der Waals surface area contributed by atoms with Crippen molar-refractivity contribution in [2.75, 3.05) is 32.6 Å². The van der Waals surface area contributed by atoms with Crippen LogP contribution in [0.3, 0.4) is 0 Å². The first-order valence-electron chi connectivity index (χ1n) is 12.0. The SMILES string of the molecule is CN(C)CCCCC(=O)N(C)c1ccc(N=C(c2ccccc2)c2c(O)[nH]c3cc(F)ccc23)cc1. The second kappa shape index (κ2) is 11.2. The van der Waals surface area contributed by atoms with Crippen molar-refractivity contribution in [3.05, 3.63) is 89.7 Å². The van der Waals surface area contributed by atoms with E-state index in [0.717, 1.165) is 30.6 Å². The molecule has 36 heavy (non-hydrogen) atoms. The lowest BCUT2D eigenvalue weighted by Gasteiger charge is -2.18. The Balaban J connectivity index is 1.62. The van der Waals surface area contributed by atoms with Gasteiger partial charge in [-0.2, -0.15) is 0 Å². The summed E-state index contributed by atoms with van der Waals surface area (Å²) in [5.74, 6) is -0.388. The zero-order valence-corrected chi connectivity index (χ0v) is 20.8. The van der Waals surface area contributed by atoms with Crippen molar-refractivity contribution >= 4 is 33.9 Å². The van der Waals surface area contributed by atoms with Gasteiger partial charge in [0.25, 0.3) is 0 Å². The molecule has 0 aliphatic heterocycles. The number of hydrogen-bond donors (Lipinski definition) is 2.